The zero-order valence-corrected chi connectivity index (χ0v) is 8.23. The summed E-state index contributed by atoms with van der Waals surface area (Å²) in [7, 11) is 0. The first-order chi connectivity index (χ1) is 6.86. The van der Waals surface area contributed by atoms with Gasteiger partial charge in [0.05, 0.1) is 19.3 Å². The molecule has 0 unspecified atom stereocenters. The predicted molar refractivity (Wildman–Crippen MR) is 56.5 cm³/mol. The SMILES string of the molecule is Cc1cc2ccccc2n1C1COC1. The fraction of sp³-hybridized carbons (Fsp3) is 0.333. The van der Waals surface area contributed by atoms with Gasteiger partial charge in [-0.05, 0) is 24.4 Å². The van der Waals surface area contributed by atoms with Crippen LogP contribution in [0.1, 0.15) is 11.7 Å². The molecule has 3 rings (SSSR count). The molecule has 0 amide bonds. The summed E-state index contributed by atoms with van der Waals surface area (Å²) in [5, 5.41) is 1.33. The molecule has 1 aliphatic rings. The van der Waals surface area contributed by atoms with E-state index in [2.05, 4.69) is 41.8 Å². The molecule has 0 aliphatic carbocycles. The maximum absolute atomic E-state index is 5.24. The molecule has 14 heavy (non-hydrogen) atoms. The number of ether oxygens (including phenoxy) is 1. The van der Waals surface area contributed by atoms with Gasteiger partial charge in [0, 0.05) is 11.2 Å². The Labute approximate surface area is 83.1 Å². The number of hydrogen-bond donors (Lipinski definition) is 0. The van der Waals surface area contributed by atoms with Gasteiger partial charge in [0.15, 0.2) is 0 Å². The summed E-state index contributed by atoms with van der Waals surface area (Å²) in [6.07, 6.45) is 0. The Bertz CT molecular complexity index is 468. The van der Waals surface area contributed by atoms with E-state index in [-0.39, 0.29) is 0 Å². The van der Waals surface area contributed by atoms with Gasteiger partial charge in [-0.25, -0.2) is 0 Å². The molecule has 0 spiro atoms. The molecular weight excluding hydrogens is 174 g/mol. The molecule has 0 saturated carbocycles. The highest BCUT2D eigenvalue weighted by Crippen LogP contribution is 2.27. The average molecular weight is 187 g/mol. The number of fused-ring (bicyclic) bond motifs is 1. The number of aryl methyl sites for hydroxylation is 1. The van der Waals surface area contributed by atoms with E-state index >= 15 is 0 Å². The van der Waals surface area contributed by atoms with E-state index in [9.17, 15) is 0 Å². The van der Waals surface area contributed by atoms with E-state index in [0.29, 0.717) is 6.04 Å². The van der Waals surface area contributed by atoms with Gasteiger partial charge in [-0.1, -0.05) is 18.2 Å². The second-order valence-corrected chi connectivity index (χ2v) is 3.91. The fourth-order valence-corrected chi connectivity index (χ4v) is 2.17. The van der Waals surface area contributed by atoms with E-state index in [1.807, 2.05) is 0 Å². The summed E-state index contributed by atoms with van der Waals surface area (Å²) in [6, 6.07) is 11.3. The molecule has 2 heteroatoms. The fourth-order valence-electron chi connectivity index (χ4n) is 2.17. The van der Waals surface area contributed by atoms with Gasteiger partial charge in [-0.2, -0.15) is 0 Å². The Balaban J connectivity index is 2.24. The second kappa shape index (κ2) is 2.85. The largest absolute Gasteiger partial charge is 0.377 e. The van der Waals surface area contributed by atoms with Crippen LogP contribution in [0, 0.1) is 6.92 Å². The number of nitrogens with zero attached hydrogens (tertiary/aromatic N) is 1. The Morgan fingerprint density at radius 1 is 1.29 bits per heavy atom. The van der Waals surface area contributed by atoms with Crippen LogP contribution in [0.2, 0.25) is 0 Å². The van der Waals surface area contributed by atoms with Crippen LogP contribution >= 0.6 is 0 Å². The zero-order valence-electron chi connectivity index (χ0n) is 8.23. The molecule has 2 heterocycles. The van der Waals surface area contributed by atoms with Crippen molar-refractivity contribution in [3.8, 4) is 0 Å². The van der Waals surface area contributed by atoms with E-state index in [4.69, 9.17) is 4.74 Å². The first kappa shape index (κ1) is 8.06. The maximum atomic E-state index is 5.24. The van der Waals surface area contributed by atoms with Crippen molar-refractivity contribution >= 4 is 10.9 Å². The number of rotatable bonds is 1. The molecular formula is C12H13NO. The first-order valence-corrected chi connectivity index (χ1v) is 5.00. The smallest absolute Gasteiger partial charge is 0.0806 e. The van der Waals surface area contributed by atoms with Crippen molar-refractivity contribution < 1.29 is 4.74 Å². The molecule has 2 nitrogen and oxygen atoms in total. The molecule has 72 valence electrons. The van der Waals surface area contributed by atoms with Gasteiger partial charge in [-0.15, -0.1) is 0 Å². The van der Waals surface area contributed by atoms with Gasteiger partial charge in [0.2, 0.25) is 0 Å². The van der Waals surface area contributed by atoms with Crippen LogP contribution in [0.5, 0.6) is 0 Å². The van der Waals surface area contributed by atoms with Crippen LogP contribution in [-0.2, 0) is 4.74 Å². The summed E-state index contributed by atoms with van der Waals surface area (Å²) in [5.41, 5.74) is 2.66. The lowest BCUT2D eigenvalue weighted by molar-refractivity contribution is -0.0221. The lowest BCUT2D eigenvalue weighted by Gasteiger charge is -2.29. The summed E-state index contributed by atoms with van der Waals surface area (Å²) < 4.78 is 7.63. The Morgan fingerprint density at radius 2 is 2.07 bits per heavy atom. The van der Waals surface area contributed by atoms with Crippen molar-refractivity contribution in [2.75, 3.05) is 13.2 Å². The van der Waals surface area contributed by atoms with E-state index in [1.165, 1.54) is 16.6 Å². The highest BCUT2D eigenvalue weighted by atomic mass is 16.5. The summed E-state index contributed by atoms with van der Waals surface area (Å²) >= 11 is 0. The first-order valence-electron chi connectivity index (χ1n) is 5.00. The highest BCUT2D eigenvalue weighted by Gasteiger charge is 2.22. The molecule has 1 saturated heterocycles. The quantitative estimate of drug-likeness (QED) is 0.669. The molecule has 2 aromatic rings. The van der Waals surface area contributed by atoms with Gasteiger partial charge >= 0.3 is 0 Å². The molecule has 0 atom stereocenters. The summed E-state index contributed by atoms with van der Waals surface area (Å²) in [4.78, 5) is 0. The zero-order chi connectivity index (χ0) is 9.54. The van der Waals surface area contributed by atoms with Crippen LogP contribution in [0.3, 0.4) is 0 Å². The molecule has 0 radical (unpaired) electrons. The van der Waals surface area contributed by atoms with Crippen LogP contribution < -0.4 is 0 Å². The minimum Gasteiger partial charge on any atom is -0.377 e. The monoisotopic (exact) mass is 187 g/mol. The van der Waals surface area contributed by atoms with Crippen molar-refractivity contribution in [1.82, 2.24) is 4.57 Å². The minimum atomic E-state index is 0.551. The van der Waals surface area contributed by atoms with Crippen LogP contribution in [0.25, 0.3) is 10.9 Å². The van der Waals surface area contributed by atoms with Crippen molar-refractivity contribution in [2.45, 2.75) is 13.0 Å². The van der Waals surface area contributed by atoms with Crippen LogP contribution in [-0.4, -0.2) is 17.8 Å². The third-order valence-corrected chi connectivity index (χ3v) is 2.93. The molecule has 1 fully saturated rings. The van der Waals surface area contributed by atoms with Gasteiger partial charge in [0.25, 0.3) is 0 Å². The topological polar surface area (TPSA) is 14.2 Å². The molecule has 1 aliphatic heterocycles. The van der Waals surface area contributed by atoms with Gasteiger partial charge < -0.3 is 9.30 Å². The van der Waals surface area contributed by atoms with Crippen molar-refractivity contribution in [3.63, 3.8) is 0 Å². The number of benzene rings is 1. The standard InChI is InChI=1S/C12H13NO/c1-9-6-10-4-2-3-5-12(10)13(9)11-7-14-8-11/h2-6,11H,7-8H2,1H3. The molecule has 1 aromatic carbocycles. The van der Waals surface area contributed by atoms with Crippen molar-refractivity contribution in [3.05, 3.63) is 36.0 Å². The van der Waals surface area contributed by atoms with E-state index in [0.717, 1.165) is 13.2 Å². The minimum absolute atomic E-state index is 0.551. The van der Waals surface area contributed by atoms with Gasteiger partial charge in [-0.3, -0.25) is 0 Å². The Hall–Kier alpha value is -1.28. The summed E-state index contributed by atoms with van der Waals surface area (Å²) in [6.45, 7) is 3.89. The molecule has 1 aromatic heterocycles. The third kappa shape index (κ3) is 1.01. The second-order valence-electron chi connectivity index (χ2n) is 3.91. The Morgan fingerprint density at radius 3 is 2.79 bits per heavy atom. The average Bonchev–Trinajstić information content (AvgIpc) is 2.41. The summed E-state index contributed by atoms with van der Waals surface area (Å²) in [5.74, 6) is 0. The lowest BCUT2D eigenvalue weighted by atomic mass is 10.2. The highest BCUT2D eigenvalue weighted by molar-refractivity contribution is 5.81. The van der Waals surface area contributed by atoms with Crippen LogP contribution in [0.4, 0.5) is 0 Å². The van der Waals surface area contributed by atoms with Crippen molar-refractivity contribution in [2.24, 2.45) is 0 Å². The Kier molecular flexibility index (Phi) is 1.64. The number of aromatic nitrogens is 1. The normalized spacial score (nSPS) is 17.2. The third-order valence-electron chi connectivity index (χ3n) is 2.93. The van der Waals surface area contributed by atoms with E-state index < -0.39 is 0 Å². The van der Waals surface area contributed by atoms with Crippen LogP contribution in [0.15, 0.2) is 30.3 Å². The predicted octanol–water partition coefficient (Wildman–Crippen LogP) is 2.52. The lowest BCUT2D eigenvalue weighted by Crippen LogP contribution is -2.31. The van der Waals surface area contributed by atoms with Gasteiger partial charge in [0.1, 0.15) is 0 Å². The maximum Gasteiger partial charge on any atom is 0.0806 e. The molecule has 0 N–H and O–H groups in total. The number of para-hydroxylation sites is 1. The van der Waals surface area contributed by atoms with Crippen molar-refractivity contribution in [1.29, 1.82) is 0 Å². The number of hydrogen-bond acceptors (Lipinski definition) is 1. The van der Waals surface area contributed by atoms with E-state index in [1.54, 1.807) is 0 Å². The molecule has 0 bridgehead atoms.